The van der Waals surface area contributed by atoms with Crippen LogP contribution in [0, 0.1) is 0 Å². The van der Waals surface area contributed by atoms with E-state index in [0.29, 0.717) is 23.6 Å². The third-order valence-electron chi connectivity index (χ3n) is 4.41. The molecule has 0 aliphatic heterocycles. The zero-order valence-corrected chi connectivity index (χ0v) is 15.8. The second-order valence-corrected chi connectivity index (χ2v) is 6.51. The quantitative estimate of drug-likeness (QED) is 0.658. The van der Waals surface area contributed by atoms with Gasteiger partial charge in [-0.25, -0.2) is 9.78 Å². The Balaban J connectivity index is 2.54. The maximum Gasteiger partial charge on any atom is 0.331 e. The third kappa shape index (κ3) is 4.51. The van der Waals surface area contributed by atoms with Crippen LogP contribution in [0.1, 0.15) is 57.1 Å². The topological polar surface area (TPSA) is 55.1 Å². The molecule has 0 saturated heterocycles. The summed E-state index contributed by atoms with van der Waals surface area (Å²) in [6, 6.07) is 7.74. The van der Waals surface area contributed by atoms with Crippen LogP contribution in [0.2, 0.25) is 5.02 Å². The molecule has 2 aromatic rings. The van der Waals surface area contributed by atoms with E-state index in [1.165, 1.54) is 0 Å². The summed E-state index contributed by atoms with van der Waals surface area (Å²) in [7, 11) is 0. The van der Waals surface area contributed by atoms with Crippen molar-refractivity contribution in [2.45, 2.75) is 53.0 Å². The first-order valence-electron chi connectivity index (χ1n) is 8.70. The van der Waals surface area contributed by atoms with Crippen molar-refractivity contribution in [1.29, 1.82) is 0 Å². The minimum absolute atomic E-state index is 0.366. The zero-order chi connectivity index (χ0) is 18.4. The number of aromatic nitrogens is 2. The summed E-state index contributed by atoms with van der Waals surface area (Å²) in [6.07, 6.45) is 5.43. The maximum atomic E-state index is 11.5. The number of imidazole rings is 1. The number of carboxylic acids is 1. The van der Waals surface area contributed by atoms with Crippen LogP contribution in [0.25, 0.3) is 5.57 Å². The van der Waals surface area contributed by atoms with Crippen molar-refractivity contribution < 1.29 is 9.90 Å². The molecule has 0 unspecified atom stereocenters. The van der Waals surface area contributed by atoms with Crippen molar-refractivity contribution in [3.63, 3.8) is 0 Å². The van der Waals surface area contributed by atoms with Gasteiger partial charge in [0.2, 0.25) is 0 Å². The molecule has 0 aliphatic carbocycles. The summed E-state index contributed by atoms with van der Waals surface area (Å²) >= 11 is 6.34. The van der Waals surface area contributed by atoms with Crippen molar-refractivity contribution in [3.8, 4) is 0 Å². The van der Waals surface area contributed by atoms with Crippen LogP contribution >= 0.6 is 11.6 Å². The fraction of sp³-hybridized carbons (Fsp3) is 0.400. The van der Waals surface area contributed by atoms with E-state index in [2.05, 4.69) is 16.5 Å². The smallest absolute Gasteiger partial charge is 0.331 e. The van der Waals surface area contributed by atoms with Crippen molar-refractivity contribution in [2.75, 3.05) is 0 Å². The summed E-state index contributed by atoms with van der Waals surface area (Å²) in [5.41, 5.74) is 3.05. The zero-order valence-electron chi connectivity index (χ0n) is 15.1. The number of carbonyl (C=O) groups is 1. The van der Waals surface area contributed by atoms with E-state index in [1.54, 1.807) is 13.1 Å². The first-order valence-corrected chi connectivity index (χ1v) is 9.08. The number of hydrogen-bond acceptors (Lipinski definition) is 2. The largest absolute Gasteiger partial charge is 0.478 e. The number of carboxylic acid groups (broad SMARTS) is 1. The number of nitrogens with zero attached hydrogens (tertiary/aromatic N) is 2. The van der Waals surface area contributed by atoms with Gasteiger partial charge in [0.25, 0.3) is 0 Å². The van der Waals surface area contributed by atoms with Gasteiger partial charge in [0.05, 0.1) is 18.4 Å². The monoisotopic (exact) mass is 360 g/mol. The Morgan fingerprint density at radius 2 is 2.00 bits per heavy atom. The number of allylic oxidation sites excluding steroid dienone is 1. The average Bonchev–Trinajstić information content (AvgIpc) is 2.98. The number of aryl methyl sites for hydroxylation is 1. The van der Waals surface area contributed by atoms with Gasteiger partial charge >= 0.3 is 5.97 Å². The van der Waals surface area contributed by atoms with E-state index in [-0.39, 0.29) is 0 Å². The van der Waals surface area contributed by atoms with Crippen molar-refractivity contribution >= 4 is 23.1 Å². The molecule has 2 rings (SSSR count). The van der Waals surface area contributed by atoms with Gasteiger partial charge in [-0.2, -0.15) is 0 Å². The summed E-state index contributed by atoms with van der Waals surface area (Å²) in [5, 5.41) is 10.1. The van der Waals surface area contributed by atoms with Crippen LogP contribution in [-0.2, 0) is 17.8 Å². The predicted molar refractivity (Wildman–Crippen MR) is 102 cm³/mol. The van der Waals surface area contributed by atoms with E-state index in [4.69, 9.17) is 11.6 Å². The van der Waals surface area contributed by atoms with Crippen LogP contribution in [0.3, 0.4) is 0 Å². The van der Waals surface area contributed by atoms with E-state index in [9.17, 15) is 9.90 Å². The molecule has 4 nitrogen and oxygen atoms in total. The molecule has 0 bridgehead atoms. The van der Waals surface area contributed by atoms with Gasteiger partial charge in [0, 0.05) is 17.0 Å². The second-order valence-electron chi connectivity index (χ2n) is 6.10. The molecule has 5 heteroatoms. The molecule has 0 spiro atoms. The molecule has 1 heterocycles. The van der Waals surface area contributed by atoms with Gasteiger partial charge in [-0.05, 0) is 37.0 Å². The Bertz CT molecular complexity index is 778. The van der Waals surface area contributed by atoms with E-state index in [1.807, 2.05) is 31.2 Å². The Kier molecular flexibility index (Phi) is 6.82. The lowest BCUT2D eigenvalue weighted by atomic mass is 10.0. The molecule has 0 atom stereocenters. The summed E-state index contributed by atoms with van der Waals surface area (Å²) in [5.74, 6) is 0.0818. The highest BCUT2D eigenvalue weighted by atomic mass is 35.5. The van der Waals surface area contributed by atoms with Gasteiger partial charge in [0.1, 0.15) is 5.82 Å². The molecule has 0 aliphatic rings. The van der Waals surface area contributed by atoms with Crippen molar-refractivity contribution in [1.82, 2.24) is 9.55 Å². The van der Waals surface area contributed by atoms with E-state index >= 15 is 0 Å². The van der Waals surface area contributed by atoms with Gasteiger partial charge in [-0.15, -0.1) is 0 Å². The number of hydrogen-bond donors (Lipinski definition) is 1. The molecule has 0 fully saturated rings. The third-order valence-corrected chi connectivity index (χ3v) is 4.78. The van der Waals surface area contributed by atoms with Crippen LogP contribution in [0.4, 0.5) is 0 Å². The number of aliphatic carboxylic acids is 1. The van der Waals surface area contributed by atoms with Crippen molar-refractivity contribution in [2.24, 2.45) is 0 Å². The highest BCUT2D eigenvalue weighted by Gasteiger charge is 2.18. The lowest BCUT2D eigenvalue weighted by Gasteiger charge is -2.16. The minimum atomic E-state index is -0.891. The molecular formula is C20H25ClN2O2. The molecule has 0 saturated carbocycles. The molecule has 25 heavy (non-hydrogen) atoms. The molecule has 134 valence electrons. The van der Waals surface area contributed by atoms with Gasteiger partial charge in [-0.3, -0.25) is 0 Å². The second kappa shape index (κ2) is 8.86. The van der Waals surface area contributed by atoms with Gasteiger partial charge in [0.15, 0.2) is 0 Å². The predicted octanol–water partition coefficient (Wildman–Crippen LogP) is 5.20. The highest BCUT2D eigenvalue weighted by molar-refractivity contribution is 6.31. The normalized spacial score (nSPS) is 12.2. The van der Waals surface area contributed by atoms with Crippen LogP contribution in [0.15, 0.2) is 36.0 Å². The maximum absolute atomic E-state index is 11.5. The molecule has 0 amide bonds. The van der Waals surface area contributed by atoms with Crippen LogP contribution in [0.5, 0.6) is 0 Å². The number of benzene rings is 1. The fourth-order valence-electron chi connectivity index (χ4n) is 2.93. The first kappa shape index (κ1) is 19.3. The lowest BCUT2D eigenvalue weighted by Crippen LogP contribution is -2.11. The standard InChI is InChI=1S/C20H25ClN2O2/c1-4-6-11-19-22-12-18(16(5-2)14(3)20(24)25)23(19)13-15-9-7-8-10-17(15)21/h7-10,12H,4-6,11,13H2,1-3H3,(H,24,25)/b16-14+. The Morgan fingerprint density at radius 3 is 2.60 bits per heavy atom. The van der Waals surface area contributed by atoms with Crippen LogP contribution < -0.4 is 0 Å². The van der Waals surface area contributed by atoms with Crippen molar-refractivity contribution in [3.05, 3.63) is 58.1 Å². The number of halogens is 1. The molecule has 1 aromatic heterocycles. The molecule has 1 aromatic carbocycles. The van der Waals surface area contributed by atoms with E-state index in [0.717, 1.165) is 41.9 Å². The van der Waals surface area contributed by atoms with Gasteiger partial charge in [-0.1, -0.05) is 50.1 Å². The van der Waals surface area contributed by atoms with E-state index < -0.39 is 5.97 Å². The number of unbranched alkanes of at least 4 members (excludes halogenated alkanes) is 1. The Hall–Kier alpha value is -2.07. The Morgan fingerprint density at radius 1 is 1.28 bits per heavy atom. The summed E-state index contributed by atoms with van der Waals surface area (Å²) in [6.45, 7) is 6.36. The Labute approximate surface area is 154 Å². The first-order chi connectivity index (χ1) is 12.0. The molecular weight excluding hydrogens is 336 g/mol. The average molecular weight is 361 g/mol. The number of rotatable bonds is 8. The molecule has 0 radical (unpaired) electrons. The van der Waals surface area contributed by atoms with Crippen LogP contribution in [-0.4, -0.2) is 20.6 Å². The van der Waals surface area contributed by atoms with Gasteiger partial charge < -0.3 is 9.67 Å². The fourth-order valence-corrected chi connectivity index (χ4v) is 3.13. The highest BCUT2D eigenvalue weighted by Crippen LogP contribution is 2.26. The molecule has 1 N–H and O–H groups in total. The summed E-state index contributed by atoms with van der Waals surface area (Å²) < 4.78 is 2.11. The summed E-state index contributed by atoms with van der Waals surface area (Å²) in [4.78, 5) is 16.0. The lowest BCUT2D eigenvalue weighted by molar-refractivity contribution is -0.132. The SMILES string of the molecule is CCCCc1ncc(/C(CC)=C(\C)C(=O)O)n1Cc1ccccc1Cl. The minimum Gasteiger partial charge on any atom is -0.478 e.